The van der Waals surface area contributed by atoms with Gasteiger partial charge in [-0.15, -0.1) is 0 Å². The second-order valence-corrected chi connectivity index (χ2v) is 6.13. The van der Waals surface area contributed by atoms with Crippen LogP contribution in [0.25, 0.3) is 6.08 Å². The summed E-state index contributed by atoms with van der Waals surface area (Å²) < 4.78 is 15.3. The lowest BCUT2D eigenvalue weighted by molar-refractivity contribution is 0.663. The Labute approximate surface area is 145 Å². The Morgan fingerprint density at radius 1 is 1.16 bits per heavy atom. The molecule has 0 unspecified atom stereocenters. The Balaban J connectivity index is 1.68. The summed E-state index contributed by atoms with van der Waals surface area (Å²) in [7, 11) is 0. The molecule has 2 aromatic rings. The predicted octanol–water partition coefficient (Wildman–Crippen LogP) is 4.48. The van der Waals surface area contributed by atoms with Gasteiger partial charge in [-0.3, -0.25) is 4.68 Å². The van der Waals surface area contributed by atoms with Gasteiger partial charge in [0.15, 0.2) is 5.69 Å². The number of hydrogen-bond donors (Lipinski definition) is 0. The number of nitrogens with zero attached hydrogens (tertiary/aromatic N) is 3. The molecule has 4 heteroatoms. The van der Waals surface area contributed by atoms with Gasteiger partial charge in [-0.25, -0.2) is 4.39 Å². The molecule has 4 rings (SSSR count). The van der Waals surface area contributed by atoms with E-state index in [9.17, 15) is 9.65 Å². The summed E-state index contributed by atoms with van der Waals surface area (Å²) in [6.07, 6.45) is 10.2. The number of hydrogen-bond acceptors (Lipinski definition) is 2. The molecule has 1 aromatic heterocycles. The van der Waals surface area contributed by atoms with Crippen molar-refractivity contribution in [1.82, 2.24) is 9.78 Å². The Morgan fingerprint density at radius 3 is 2.80 bits per heavy atom. The maximum atomic E-state index is 13.4. The van der Waals surface area contributed by atoms with Gasteiger partial charge < -0.3 is 0 Å². The van der Waals surface area contributed by atoms with Crippen molar-refractivity contribution in [3.05, 3.63) is 94.1 Å². The molecule has 1 heterocycles. The zero-order valence-corrected chi connectivity index (χ0v) is 13.6. The molecule has 2 aliphatic carbocycles. The topological polar surface area (TPSA) is 41.6 Å². The summed E-state index contributed by atoms with van der Waals surface area (Å²) in [6, 6.07) is 12.3. The predicted molar refractivity (Wildman–Crippen MR) is 95.2 cm³/mol. The van der Waals surface area contributed by atoms with Crippen LogP contribution < -0.4 is 0 Å². The lowest BCUT2D eigenvalue weighted by Crippen LogP contribution is -2.03. The molecule has 1 aromatic carbocycles. The zero-order chi connectivity index (χ0) is 17.2. The van der Waals surface area contributed by atoms with E-state index < -0.39 is 0 Å². The molecule has 0 saturated carbocycles. The monoisotopic (exact) mass is 329 g/mol. The fraction of sp³-hybridized carbons (Fsp3) is 0.143. The van der Waals surface area contributed by atoms with E-state index in [-0.39, 0.29) is 5.83 Å². The standard InChI is InChI=1S/C21H16FN3/c22-18-8-4-7-16(9-10-18)17-11-19-20(13-23)24-25(21(19)12-17)14-15-5-2-1-3-6-15/h1-3,5-10,12H,4,11,14H2. The molecule has 3 nitrogen and oxygen atoms in total. The summed E-state index contributed by atoms with van der Waals surface area (Å²) in [5.41, 5.74) is 5.65. The van der Waals surface area contributed by atoms with Crippen molar-refractivity contribution in [3.8, 4) is 6.07 Å². The number of nitriles is 1. The SMILES string of the molecule is N#Cc1nn(Cc2ccccc2)c2c1CC(C1=CCC=C(F)C=C1)=C2. The molecular weight excluding hydrogens is 313 g/mol. The minimum atomic E-state index is -0.213. The van der Waals surface area contributed by atoms with Crippen LogP contribution in [-0.4, -0.2) is 9.78 Å². The number of allylic oxidation sites excluding steroid dienone is 7. The fourth-order valence-electron chi connectivity index (χ4n) is 3.25. The molecule has 0 aliphatic heterocycles. The summed E-state index contributed by atoms with van der Waals surface area (Å²) in [4.78, 5) is 0. The number of rotatable bonds is 3. The Kier molecular flexibility index (Phi) is 3.91. The molecule has 0 spiro atoms. The number of fused-ring (bicyclic) bond motifs is 1. The average molecular weight is 329 g/mol. The van der Waals surface area contributed by atoms with Crippen molar-refractivity contribution in [2.75, 3.05) is 0 Å². The van der Waals surface area contributed by atoms with Crippen molar-refractivity contribution < 1.29 is 4.39 Å². The Morgan fingerprint density at radius 2 is 2.00 bits per heavy atom. The molecule has 0 radical (unpaired) electrons. The summed E-state index contributed by atoms with van der Waals surface area (Å²) >= 11 is 0. The average Bonchev–Trinajstić information content (AvgIpc) is 3.11. The van der Waals surface area contributed by atoms with E-state index in [1.807, 2.05) is 41.1 Å². The molecule has 0 bridgehead atoms. The highest BCUT2D eigenvalue weighted by Crippen LogP contribution is 2.33. The molecule has 0 atom stereocenters. The van der Waals surface area contributed by atoms with Crippen LogP contribution in [0.5, 0.6) is 0 Å². The second-order valence-electron chi connectivity index (χ2n) is 6.13. The lowest BCUT2D eigenvalue weighted by atomic mass is 10.0. The Hall–Kier alpha value is -3.19. The van der Waals surface area contributed by atoms with Crippen LogP contribution in [-0.2, 0) is 13.0 Å². The normalized spacial score (nSPS) is 15.8. The minimum absolute atomic E-state index is 0.213. The van der Waals surface area contributed by atoms with Crippen molar-refractivity contribution in [3.63, 3.8) is 0 Å². The molecule has 2 aliphatic rings. The molecule has 0 amide bonds. The van der Waals surface area contributed by atoms with Gasteiger partial charge in [0.25, 0.3) is 0 Å². The third kappa shape index (κ3) is 2.97. The van der Waals surface area contributed by atoms with Gasteiger partial charge in [0, 0.05) is 12.0 Å². The van der Waals surface area contributed by atoms with Crippen LogP contribution >= 0.6 is 0 Å². The minimum Gasteiger partial charge on any atom is -0.259 e. The van der Waals surface area contributed by atoms with Crippen molar-refractivity contribution in [2.24, 2.45) is 0 Å². The molecule has 0 fully saturated rings. The number of aromatic nitrogens is 2. The number of halogens is 1. The third-order valence-corrected chi connectivity index (χ3v) is 4.50. The molecular formula is C21H16FN3. The Bertz CT molecular complexity index is 982. The van der Waals surface area contributed by atoms with Gasteiger partial charge in [0.2, 0.25) is 0 Å². The van der Waals surface area contributed by atoms with E-state index in [4.69, 9.17) is 0 Å². The van der Waals surface area contributed by atoms with E-state index >= 15 is 0 Å². The van der Waals surface area contributed by atoms with Gasteiger partial charge in [-0.1, -0.05) is 42.5 Å². The van der Waals surface area contributed by atoms with Crippen LogP contribution in [0.3, 0.4) is 0 Å². The third-order valence-electron chi connectivity index (χ3n) is 4.50. The first-order chi connectivity index (χ1) is 12.2. The maximum absolute atomic E-state index is 13.4. The van der Waals surface area contributed by atoms with Crippen molar-refractivity contribution in [2.45, 2.75) is 19.4 Å². The highest BCUT2D eigenvalue weighted by molar-refractivity contribution is 5.70. The smallest absolute Gasteiger partial charge is 0.166 e. The first-order valence-corrected chi connectivity index (χ1v) is 8.23. The van der Waals surface area contributed by atoms with Gasteiger partial charge in [0.1, 0.15) is 11.9 Å². The summed E-state index contributed by atoms with van der Waals surface area (Å²) in [6.45, 7) is 0.625. The van der Waals surface area contributed by atoms with Gasteiger partial charge in [-0.05, 0) is 41.4 Å². The van der Waals surface area contributed by atoms with Crippen LogP contribution in [0.4, 0.5) is 4.39 Å². The largest absolute Gasteiger partial charge is 0.259 e. The van der Waals surface area contributed by atoms with Gasteiger partial charge in [0.05, 0.1) is 12.2 Å². The van der Waals surface area contributed by atoms with E-state index in [2.05, 4.69) is 17.2 Å². The maximum Gasteiger partial charge on any atom is 0.166 e. The first kappa shape index (κ1) is 15.3. The van der Waals surface area contributed by atoms with Gasteiger partial charge >= 0.3 is 0 Å². The highest BCUT2D eigenvalue weighted by Gasteiger charge is 2.24. The van der Waals surface area contributed by atoms with Crippen molar-refractivity contribution in [1.29, 1.82) is 5.26 Å². The number of benzene rings is 1. The second kappa shape index (κ2) is 6.37. The summed E-state index contributed by atoms with van der Waals surface area (Å²) in [5.74, 6) is -0.213. The van der Waals surface area contributed by atoms with E-state index in [1.165, 1.54) is 6.08 Å². The molecule has 0 N–H and O–H groups in total. The van der Waals surface area contributed by atoms with Crippen LogP contribution in [0, 0.1) is 11.3 Å². The van der Waals surface area contributed by atoms with E-state index in [0.717, 1.165) is 28.0 Å². The summed E-state index contributed by atoms with van der Waals surface area (Å²) in [5, 5.41) is 13.9. The quantitative estimate of drug-likeness (QED) is 0.833. The fourth-order valence-corrected chi connectivity index (χ4v) is 3.25. The molecule has 25 heavy (non-hydrogen) atoms. The first-order valence-electron chi connectivity index (χ1n) is 8.23. The molecule has 122 valence electrons. The van der Waals surface area contributed by atoms with E-state index in [0.29, 0.717) is 25.1 Å². The van der Waals surface area contributed by atoms with Crippen LogP contribution in [0.2, 0.25) is 0 Å². The highest BCUT2D eigenvalue weighted by atomic mass is 19.1. The zero-order valence-electron chi connectivity index (χ0n) is 13.6. The lowest BCUT2D eigenvalue weighted by Gasteiger charge is -2.05. The van der Waals surface area contributed by atoms with E-state index in [1.54, 1.807) is 12.2 Å². The van der Waals surface area contributed by atoms with Gasteiger partial charge in [-0.2, -0.15) is 10.4 Å². The van der Waals surface area contributed by atoms with Crippen LogP contribution in [0.1, 0.15) is 28.9 Å². The molecule has 0 saturated heterocycles. The van der Waals surface area contributed by atoms with Crippen LogP contribution in [0.15, 0.2) is 71.6 Å². The van der Waals surface area contributed by atoms with Crippen molar-refractivity contribution >= 4 is 6.08 Å².